The molecule has 0 aliphatic rings. The number of nitrogens with two attached hydrogens (primary N) is 1. The normalized spacial score (nSPS) is 14.4. The van der Waals surface area contributed by atoms with Crippen molar-refractivity contribution in [2.75, 3.05) is 13.7 Å². The zero-order chi connectivity index (χ0) is 13.9. The third-order valence-corrected chi connectivity index (χ3v) is 4.42. The third-order valence-electron chi connectivity index (χ3n) is 3.84. The maximum Gasteiger partial charge on any atom is 0.122 e. The minimum absolute atomic E-state index is 0.390. The predicted molar refractivity (Wildman–Crippen MR) is 78.7 cm³/mol. The highest BCUT2D eigenvalue weighted by Gasteiger charge is 2.22. The van der Waals surface area contributed by atoms with Gasteiger partial charge < -0.3 is 10.5 Å². The molecule has 0 saturated heterocycles. The number of ether oxygens (including phenoxy) is 1. The van der Waals surface area contributed by atoms with Crippen molar-refractivity contribution in [2.45, 2.75) is 40.0 Å². The lowest BCUT2D eigenvalue weighted by Crippen LogP contribution is -2.14. The van der Waals surface area contributed by atoms with Crippen LogP contribution in [-0.4, -0.2) is 13.7 Å². The molecular weight excluding hydrogens is 246 g/mol. The molecule has 0 saturated carbocycles. The Balaban J connectivity index is 3.25. The van der Waals surface area contributed by atoms with Gasteiger partial charge in [-0.15, -0.1) is 0 Å². The Morgan fingerprint density at radius 1 is 1.33 bits per heavy atom. The van der Waals surface area contributed by atoms with Gasteiger partial charge in [0.05, 0.1) is 7.11 Å². The van der Waals surface area contributed by atoms with Gasteiger partial charge in [-0.1, -0.05) is 25.4 Å². The first-order valence-electron chi connectivity index (χ1n) is 6.47. The van der Waals surface area contributed by atoms with Crippen LogP contribution in [0.3, 0.4) is 0 Å². The Labute approximate surface area is 115 Å². The maximum atomic E-state index is 6.36. The van der Waals surface area contributed by atoms with Crippen molar-refractivity contribution in [1.82, 2.24) is 0 Å². The van der Waals surface area contributed by atoms with Crippen LogP contribution in [0.15, 0.2) is 6.07 Å². The number of hydrogen-bond acceptors (Lipinski definition) is 2. The molecule has 0 fully saturated rings. The van der Waals surface area contributed by atoms with E-state index >= 15 is 0 Å². The van der Waals surface area contributed by atoms with Crippen LogP contribution < -0.4 is 10.5 Å². The van der Waals surface area contributed by atoms with Crippen LogP contribution in [-0.2, 0) is 0 Å². The summed E-state index contributed by atoms with van der Waals surface area (Å²) in [6, 6.07) is 2.02. The van der Waals surface area contributed by atoms with Crippen LogP contribution in [0.5, 0.6) is 5.75 Å². The van der Waals surface area contributed by atoms with Crippen molar-refractivity contribution < 1.29 is 4.74 Å². The molecule has 0 amide bonds. The smallest absolute Gasteiger partial charge is 0.122 e. The van der Waals surface area contributed by atoms with Crippen molar-refractivity contribution in [3.05, 3.63) is 27.8 Å². The van der Waals surface area contributed by atoms with E-state index in [4.69, 9.17) is 22.1 Å². The average molecular weight is 270 g/mol. The van der Waals surface area contributed by atoms with E-state index in [0.717, 1.165) is 28.3 Å². The first-order valence-corrected chi connectivity index (χ1v) is 6.85. The van der Waals surface area contributed by atoms with Crippen LogP contribution in [0.2, 0.25) is 5.02 Å². The number of benzene rings is 1. The van der Waals surface area contributed by atoms with E-state index in [1.54, 1.807) is 7.11 Å². The predicted octanol–water partition coefficient (Wildman–Crippen LogP) is 4.05. The second kappa shape index (κ2) is 6.44. The monoisotopic (exact) mass is 269 g/mol. The van der Waals surface area contributed by atoms with Gasteiger partial charge in [0.25, 0.3) is 0 Å². The van der Waals surface area contributed by atoms with E-state index in [-0.39, 0.29) is 0 Å². The second-order valence-electron chi connectivity index (χ2n) is 5.09. The van der Waals surface area contributed by atoms with E-state index in [9.17, 15) is 0 Å². The van der Waals surface area contributed by atoms with Crippen molar-refractivity contribution in [3.8, 4) is 5.75 Å². The van der Waals surface area contributed by atoms with Crippen LogP contribution in [0.4, 0.5) is 0 Å². The van der Waals surface area contributed by atoms with Gasteiger partial charge in [0.1, 0.15) is 5.75 Å². The maximum absolute atomic E-state index is 6.36. The molecule has 0 aliphatic carbocycles. The molecule has 2 atom stereocenters. The van der Waals surface area contributed by atoms with Gasteiger partial charge in [-0.2, -0.15) is 0 Å². The standard InChI is InChI=1S/C15H24ClNO/c1-9(6-7-17)11(3)14-12(4)15(16)10(2)8-13(14)18-5/h8-9,11H,6-7,17H2,1-5H3. The van der Waals surface area contributed by atoms with Gasteiger partial charge in [0.2, 0.25) is 0 Å². The second-order valence-corrected chi connectivity index (χ2v) is 5.47. The molecule has 2 nitrogen and oxygen atoms in total. The van der Waals surface area contributed by atoms with Gasteiger partial charge in [-0.3, -0.25) is 0 Å². The molecule has 102 valence electrons. The fraction of sp³-hybridized carbons (Fsp3) is 0.600. The SMILES string of the molecule is COc1cc(C)c(Cl)c(C)c1C(C)C(C)CCN. The molecule has 0 radical (unpaired) electrons. The fourth-order valence-electron chi connectivity index (χ4n) is 2.47. The summed E-state index contributed by atoms with van der Waals surface area (Å²) in [7, 11) is 1.71. The summed E-state index contributed by atoms with van der Waals surface area (Å²) in [5, 5.41) is 0.845. The molecule has 2 unspecified atom stereocenters. The van der Waals surface area contributed by atoms with Gasteiger partial charge in [-0.05, 0) is 55.8 Å². The minimum Gasteiger partial charge on any atom is -0.496 e. The number of halogens is 1. The van der Waals surface area contributed by atoms with Crippen molar-refractivity contribution in [2.24, 2.45) is 11.7 Å². The van der Waals surface area contributed by atoms with Crippen molar-refractivity contribution in [1.29, 1.82) is 0 Å². The highest BCUT2D eigenvalue weighted by molar-refractivity contribution is 6.32. The molecule has 0 aromatic heterocycles. The Bertz CT molecular complexity index is 417. The highest BCUT2D eigenvalue weighted by atomic mass is 35.5. The zero-order valence-corrected chi connectivity index (χ0v) is 12.8. The molecule has 0 aliphatic heterocycles. The lowest BCUT2D eigenvalue weighted by molar-refractivity contribution is 0.389. The molecule has 0 heterocycles. The Hall–Kier alpha value is -0.730. The van der Waals surface area contributed by atoms with Crippen LogP contribution in [0.25, 0.3) is 0 Å². The van der Waals surface area contributed by atoms with Crippen LogP contribution in [0, 0.1) is 19.8 Å². The summed E-state index contributed by atoms with van der Waals surface area (Å²) in [4.78, 5) is 0. The van der Waals surface area contributed by atoms with Gasteiger partial charge in [0, 0.05) is 10.6 Å². The van der Waals surface area contributed by atoms with Gasteiger partial charge in [-0.25, -0.2) is 0 Å². The molecule has 1 rings (SSSR count). The minimum atomic E-state index is 0.390. The summed E-state index contributed by atoms with van der Waals surface area (Å²) in [5.74, 6) is 1.84. The molecule has 3 heteroatoms. The third kappa shape index (κ3) is 2.99. The quantitative estimate of drug-likeness (QED) is 0.875. The number of hydrogen-bond donors (Lipinski definition) is 1. The van der Waals surface area contributed by atoms with Crippen LogP contribution >= 0.6 is 11.6 Å². The number of aryl methyl sites for hydroxylation is 1. The van der Waals surface area contributed by atoms with Crippen molar-refractivity contribution in [3.63, 3.8) is 0 Å². The Kier molecular flexibility index (Phi) is 5.48. The van der Waals surface area contributed by atoms with E-state index in [1.165, 1.54) is 5.56 Å². The zero-order valence-electron chi connectivity index (χ0n) is 12.0. The Morgan fingerprint density at radius 2 is 1.94 bits per heavy atom. The summed E-state index contributed by atoms with van der Waals surface area (Å²) in [6.45, 7) is 9.24. The first kappa shape index (κ1) is 15.3. The van der Waals surface area contributed by atoms with Crippen LogP contribution in [0.1, 0.15) is 42.9 Å². The lowest BCUT2D eigenvalue weighted by Gasteiger charge is -2.25. The Morgan fingerprint density at radius 3 is 2.44 bits per heavy atom. The molecule has 1 aromatic rings. The van der Waals surface area contributed by atoms with Crippen molar-refractivity contribution >= 4 is 11.6 Å². The van der Waals surface area contributed by atoms with E-state index < -0.39 is 0 Å². The summed E-state index contributed by atoms with van der Waals surface area (Å²) in [6.07, 6.45) is 1.01. The first-order chi connectivity index (χ1) is 8.43. The van der Waals surface area contributed by atoms with E-state index in [1.807, 2.05) is 13.0 Å². The molecule has 2 N–H and O–H groups in total. The molecule has 0 spiro atoms. The molecule has 1 aromatic carbocycles. The molecule has 18 heavy (non-hydrogen) atoms. The number of methoxy groups -OCH3 is 1. The molecular formula is C15H24ClNO. The van der Waals surface area contributed by atoms with E-state index in [0.29, 0.717) is 18.4 Å². The largest absolute Gasteiger partial charge is 0.496 e. The molecule has 0 bridgehead atoms. The lowest BCUT2D eigenvalue weighted by atomic mass is 9.83. The van der Waals surface area contributed by atoms with Gasteiger partial charge >= 0.3 is 0 Å². The number of rotatable bonds is 5. The fourth-order valence-corrected chi connectivity index (χ4v) is 2.63. The highest BCUT2D eigenvalue weighted by Crippen LogP contribution is 2.39. The summed E-state index contributed by atoms with van der Waals surface area (Å²) >= 11 is 6.36. The summed E-state index contributed by atoms with van der Waals surface area (Å²) < 4.78 is 5.52. The summed E-state index contributed by atoms with van der Waals surface area (Å²) in [5.41, 5.74) is 9.06. The topological polar surface area (TPSA) is 35.2 Å². The van der Waals surface area contributed by atoms with Gasteiger partial charge in [0.15, 0.2) is 0 Å². The average Bonchev–Trinajstić information content (AvgIpc) is 2.35. The van der Waals surface area contributed by atoms with E-state index in [2.05, 4.69) is 20.8 Å².